The van der Waals surface area contributed by atoms with E-state index in [0.29, 0.717) is 17.1 Å². The van der Waals surface area contributed by atoms with Crippen molar-refractivity contribution in [1.29, 1.82) is 0 Å². The normalized spacial score (nSPS) is 11.4. The fourth-order valence-corrected chi connectivity index (χ4v) is 3.41. The Kier molecular flexibility index (Phi) is 6.71. The van der Waals surface area contributed by atoms with E-state index in [0.717, 1.165) is 35.9 Å². The molecule has 0 bridgehead atoms. The van der Waals surface area contributed by atoms with Crippen LogP contribution in [0.25, 0.3) is 10.9 Å². The molecule has 0 amide bonds. The Morgan fingerprint density at radius 1 is 1.00 bits per heavy atom. The first-order chi connectivity index (χ1) is 13.2. The summed E-state index contributed by atoms with van der Waals surface area (Å²) in [6.45, 7) is 2.97. The maximum atomic E-state index is 10.7. The zero-order valence-corrected chi connectivity index (χ0v) is 16.5. The molecule has 140 valence electrons. The standard InChI is InChI=1S/C22H25N3OS/c1-2-3-4-10-15-25-19-14-9-8-13-18(19)21(22(25)26)24-23-20(27)16-17-11-6-5-7-12-17/h5-9,11-14,26H,2-4,10,15-16H2,1H3. The van der Waals surface area contributed by atoms with E-state index >= 15 is 0 Å². The summed E-state index contributed by atoms with van der Waals surface area (Å²) in [6, 6.07) is 17.9. The molecular formula is C22H25N3OS. The van der Waals surface area contributed by atoms with Gasteiger partial charge in [0.2, 0.25) is 5.88 Å². The molecule has 1 heterocycles. The van der Waals surface area contributed by atoms with Crippen molar-refractivity contribution in [1.82, 2.24) is 4.57 Å². The van der Waals surface area contributed by atoms with Gasteiger partial charge >= 0.3 is 0 Å². The van der Waals surface area contributed by atoms with E-state index in [9.17, 15) is 5.11 Å². The number of azo groups is 1. The molecule has 0 aliphatic rings. The van der Waals surface area contributed by atoms with Gasteiger partial charge in [-0.3, -0.25) is 0 Å². The molecule has 0 radical (unpaired) electrons. The highest BCUT2D eigenvalue weighted by Crippen LogP contribution is 2.39. The molecule has 3 rings (SSSR count). The molecule has 27 heavy (non-hydrogen) atoms. The smallest absolute Gasteiger partial charge is 0.220 e. The van der Waals surface area contributed by atoms with Crippen LogP contribution in [0.2, 0.25) is 0 Å². The van der Waals surface area contributed by atoms with E-state index in [2.05, 4.69) is 17.2 Å². The Balaban J connectivity index is 1.81. The number of rotatable bonds is 8. The summed E-state index contributed by atoms with van der Waals surface area (Å²) in [4.78, 5) is 0.500. The molecule has 3 aromatic rings. The topological polar surface area (TPSA) is 49.9 Å². The Morgan fingerprint density at radius 2 is 1.74 bits per heavy atom. The minimum Gasteiger partial charge on any atom is -0.493 e. The highest BCUT2D eigenvalue weighted by atomic mass is 32.1. The van der Waals surface area contributed by atoms with Crippen LogP contribution < -0.4 is 0 Å². The second kappa shape index (κ2) is 9.42. The van der Waals surface area contributed by atoms with Crippen molar-refractivity contribution >= 4 is 33.8 Å². The predicted molar refractivity (Wildman–Crippen MR) is 115 cm³/mol. The van der Waals surface area contributed by atoms with Gasteiger partial charge in [-0.15, -0.1) is 10.2 Å². The molecule has 0 fully saturated rings. The van der Waals surface area contributed by atoms with Crippen molar-refractivity contribution in [3.63, 3.8) is 0 Å². The average molecular weight is 380 g/mol. The number of aromatic hydroxyl groups is 1. The molecule has 5 heteroatoms. The number of hydrogen-bond acceptors (Lipinski definition) is 3. The van der Waals surface area contributed by atoms with Crippen LogP contribution in [0.15, 0.2) is 64.8 Å². The Hall–Kier alpha value is -2.53. The lowest BCUT2D eigenvalue weighted by atomic mass is 10.2. The fourth-order valence-electron chi connectivity index (χ4n) is 3.20. The Labute approximate surface area is 165 Å². The third-order valence-electron chi connectivity index (χ3n) is 4.61. The molecule has 0 atom stereocenters. The van der Waals surface area contributed by atoms with Crippen molar-refractivity contribution in [2.24, 2.45) is 10.2 Å². The molecule has 0 aliphatic carbocycles. The number of benzene rings is 2. The molecule has 0 unspecified atom stereocenters. The van der Waals surface area contributed by atoms with Gasteiger partial charge in [0.25, 0.3) is 0 Å². The molecule has 4 nitrogen and oxygen atoms in total. The summed E-state index contributed by atoms with van der Waals surface area (Å²) >= 11 is 5.36. The summed E-state index contributed by atoms with van der Waals surface area (Å²) in [5.41, 5.74) is 2.58. The van der Waals surface area contributed by atoms with E-state index in [-0.39, 0.29) is 5.88 Å². The minimum atomic E-state index is 0.166. The maximum absolute atomic E-state index is 10.7. The lowest BCUT2D eigenvalue weighted by Gasteiger charge is -2.06. The van der Waals surface area contributed by atoms with Gasteiger partial charge in [-0.05, 0) is 18.1 Å². The monoisotopic (exact) mass is 379 g/mol. The first-order valence-electron chi connectivity index (χ1n) is 9.49. The van der Waals surface area contributed by atoms with E-state index in [4.69, 9.17) is 12.2 Å². The number of para-hydroxylation sites is 1. The third kappa shape index (κ3) is 4.80. The molecule has 0 saturated carbocycles. The van der Waals surface area contributed by atoms with Crippen molar-refractivity contribution in [2.45, 2.75) is 45.6 Å². The third-order valence-corrected chi connectivity index (χ3v) is 4.84. The Bertz CT molecular complexity index is 931. The van der Waals surface area contributed by atoms with Gasteiger partial charge in [0.15, 0.2) is 5.69 Å². The van der Waals surface area contributed by atoms with Crippen molar-refractivity contribution in [3.05, 3.63) is 60.2 Å². The first kappa shape index (κ1) is 19.2. The van der Waals surface area contributed by atoms with Crippen LogP contribution in [-0.2, 0) is 13.0 Å². The van der Waals surface area contributed by atoms with Gasteiger partial charge in [0.05, 0.1) is 5.52 Å². The zero-order valence-electron chi connectivity index (χ0n) is 15.6. The molecule has 2 aromatic carbocycles. The molecule has 0 aliphatic heterocycles. The highest BCUT2D eigenvalue weighted by Gasteiger charge is 2.16. The van der Waals surface area contributed by atoms with Crippen LogP contribution in [0.5, 0.6) is 5.88 Å². The van der Waals surface area contributed by atoms with Crippen LogP contribution in [0, 0.1) is 0 Å². The van der Waals surface area contributed by atoms with E-state index in [1.807, 2.05) is 59.2 Å². The second-order valence-electron chi connectivity index (χ2n) is 6.66. The van der Waals surface area contributed by atoms with Crippen molar-refractivity contribution in [2.75, 3.05) is 0 Å². The SMILES string of the molecule is CCCCCCn1c(O)c(N=NC(=S)Cc2ccccc2)c2ccccc21. The first-order valence-corrected chi connectivity index (χ1v) is 9.90. The lowest BCUT2D eigenvalue weighted by Crippen LogP contribution is -1.97. The molecular weight excluding hydrogens is 354 g/mol. The number of hydrogen-bond donors (Lipinski definition) is 1. The number of aromatic nitrogens is 1. The van der Waals surface area contributed by atoms with E-state index in [1.54, 1.807) is 0 Å². The van der Waals surface area contributed by atoms with Gasteiger partial charge < -0.3 is 9.67 Å². The number of thiocarbonyl (C=S) groups is 1. The summed E-state index contributed by atoms with van der Waals surface area (Å²) < 4.78 is 1.93. The van der Waals surface area contributed by atoms with Gasteiger partial charge in [0, 0.05) is 18.4 Å². The number of unbranched alkanes of at least 4 members (excludes halogenated alkanes) is 3. The van der Waals surface area contributed by atoms with Gasteiger partial charge in [-0.2, -0.15) is 0 Å². The minimum absolute atomic E-state index is 0.166. The summed E-state index contributed by atoms with van der Waals surface area (Å²) in [5, 5.41) is 20.2. The van der Waals surface area contributed by atoms with Gasteiger partial charge in [-0.25, -0.2) is 0 Å². The highest BCUT2D eigenvalue weighted by molar-refractivity contribution is 7.80. The van der Waals surface area contributed by atoms with Crippen LogP contribution in [0.1, 0.15) is 38.2 Å². The van der Waals surface area contributed by atoms with Crippen molar-refractivity contribution in [3.8, 4) is 5.88 Å². The van der Waals surface area contributed by atoms with E-state index < -0.39 is 0 Å². The number of aryl methyl sites for hydroxylation is 1. The molecule has 0 saturated heterocycles. The predicted octanol–water partition coefficient (Wildman–Crippen LogP) is 6.58. The quantitative estimate of drug-likeness (QED) is 0.273. The largest absolute Gasteiger partial charge is 0.493 e. The van der Waals surface area contributed by atoms with Crippen molar-refractivity contribution < 1.29 is 5.11 Å². The molecule has 0 spiro atoms. The summed E-state index contributed by atoms with van der Waals surface area (Å²) in [7, 11) is 0. The van der Waals surface area contributed by atoms with E-state index in [1.165, 1.54) is 12.8 Å². The summed E-state index contributed by atoms with van der Waals surface area (Å²) in [6.07, 6.45) is 5.15. The summed E-state index contributed by atoms with van der Waals surface area (Å²) in [5.74, 6) is 0.166. The number of fused-ring (bicyclic) bond motifs is 1. The Morgan fingerprint density at radius 3 is 2.52 bits per heavy atom. The van der Waals surface area contributed by atoms with Crippen LogP contribution in [0.4, 0.5) is 5.69 Å². The fraction of sp³-hybridized carbons (Fsp3) is 0.318. The van der Waals surface area contributed by atoms with Crippen LogP contribution >= 0.6 is 12.2 Å². The van der Waals surface area contributed by atoms with Gasteiger partial charge in [-0.1, -0.05) is 86.9 Å². The van der Waals surface area contributed by atoms with Crippen LogP contribution in [0.3, 0.4) is 0 Å². The lowest BCUT2D eigenvalue weighted by molar-refractivity contribution is 0.416. The van der Waals surface area contributed by atoms with Crippen LogP contribution in [-0.4, -0.2) is 14.7 Å². The second-order valence-corrected chi connectivity index (χ2v) is 7.13. The van der Waals surface area contributed by atoms with Gasteiger partial charge in [0.1, 0.15) is 4.99 Å². The maximum Gasteiger partial charge on any atom is 0.220 e. The average Bonchev–Trinajstić information content (AvgIpc) is 2.95. The zero-order chi connectivity index (χ0) is 19.1. The molecule has 1 N–H and O–H groups in total. The molecule has 1 aromatic heterocycles. The number of nitrogens with zero attached hydrogens (tertiary/aromatic N) is 3.